The van der Waals surface area contributed by atoms with Gasteiger partial charge in [0.1, 0.15) is 12.0 Å². The molecule has 0 saturated heterocycles. The summed E-state index contributed by atoms with van der Waals surface area (Å²) in [6.07, 6.45) is 2.58. The first kappa shape index (κ1) is 14.3. The van der Waals surface area contributed by atoms with Gasteiger partial charge >= 0.3 is 0 Å². The quantitative estimate of drug-likeness (QED) is 0.793. The molecule has 0 saturated carbocycles. The van der Waals surface area contributed by atoms with Crippen LogP contribution in [0.4, 0.5) is 5.69 Å². The normalized spacial score (nSPS) is 10.5. The summed E-state index contributed by atoms with van der Waals surface area (Å²) in [5.41, 5.74) is 2.49. The Morgan fingerprint density at radius 2 is 2.15 bits per heavy atom. The number of nitrogens with one attached hydrogen (secondary N) is 2. The van der Waals surface area contributed by atoms with E-state index < -0.39 is 0 Å². The molecule has 0 unspecified atom stereocenters. The average molecular weight is 272 g/mol. The Kier molecular flexibility index (Phi) is 4.96. The largest absolute Gasteiger partial charge is 0.469 e. The van der Waals surface area contributed by atoms with Crippen LogP contribution >= 0.6 is 0 Å². The Labute approximate surface area is 119 Å². The van der Waals surface area contributed by atoms with Crippen molar-refractivity contribution >= 4 is 11.6 Å². The van der Waals surface area contributed by atoms with Crippen molar-refractivity contribution < 1.29 is 9.21 Å². The number of hydrogen-bond acceptors (Lipinski definition) is 3. The van der Waals surface area contributed by atoms with E-state index in [4.69, 9.17) is 4.42 Å². The molecule has 0 radical (unpaired) electrons. The van der Waals surface area contributed by atoms with E-state index in [2.05, 4.69) is 17.6 Å². The SMILES string of the molecule is CCCNCc1cccc(NC(=O)c2coc(C)c2)c1. The van der Waals surface area contributed by atoms with Gasteiger partial charge in [-0.25, -0.2) is 0 Å². The molecule has 1 aromatic carbocycles. The second kappa shape index (κ2) is 6.91. The smallest absolute Gasteiger partial charge is 0.258 e. The lowest BCUT2D eigenvalue weighted by atomic mass is 10.2. The molecule has 4 nitrogen and oxygen atoms in total. The van der Waals surface area contributed by atoms with Crippen LogP contribution < -0.4 is 10.6 Å². The minimum Gasteiger partial charge on any atom is -0.469 e. The number of anilines is 1. The fourth-order valence-electron chi connectivity index (χ4n) is 1.93. The van der Waals surface area contributed by atoms with Crippen molar-refractivity contribution in [3.63, 3.8) is 0 Å². The van der Waals surface area contributed by atoms with Crippen molar-refractivity contribution in [2.75, 3.05) is 11.9 Å². The molecule has 20 heavy (non-hydrogen) atoms. The lowest BCUT2D eigenvalue weighted by Gasteiger charge is -2.07. The monoisotopic (exact) mass is 272 g/mol. The Hall–Kier alpha value is -2.07. The number of rotatable bonds is 6. The van der Waals surface area contributed by atoms with Gasteiger partial charge in [0, 0.05) is 12.2 Å². The minimum atomic E-state index is -0.152. The fourth-order valence-corrected chi connectivity index (χ4v) is 1.93. The zero-order valence-corrected chi connectivity index (χ0v) is 11.9. The average Bonchev–Trinajstić information content (AvgIpc) is 2.86. The van der Waals surface area contributed by atoms with E-state index in [1.807, 2.05) is 31.2 Å². The molecular formula is C16H20N2O2. The van der Waals surface area contributed by atoms with Crippen molar-refractivity contribution in [1.82, 2.24) is 5.32 Å². The Morgan fingerprint density at radius 3 is 2.85 bits per heavy atom. The third kappa shape index (κ3) is 3.96. The first-order chi connectivity index (χ1) is 9.69. The highest BCUT2D eigenvalue weighted by atomic mass is 16.3. The minimum absolute atomic E-state index is 0.152. The van der Waals surface area contributed by atoms with Gasteiger partial charge in [0.2, 0.25) is 0 Å². The molecule has 2 N–H and O–H groups in total. The Bertz CT molecular complexity index is 575. The van der Waals surface area contributed by atoms with Crippen LogP contribution in [0, 0.1) is 6.92 Å². The van der Waals surface area contributed by atoms with Crippen LogP contribution in [0.3, 0.4) is 0 Å². The lowest BCUT2D eigenvalue weighted by molar-refractivity contribution is 0.102. The van der Waals surface area contributed by atoms with Gasteiger partial charge in [-0.05, 0) is 43.7 Å². The van der Waals surface area contributed by atoms with Crippen LogP contribution in [0.15, 0.2) is 41.0 Å². The second-order valence-electron chi connectivity index (χ2n) is 4.78. The topological polar surface area (TPSA) is 54.3 Å². The predicted molar refractivity (Wildman–Crippen MR) is 79.8 cm³/mol. The van der Waals surface area contributed by atoms with Crippen molar-refractivity contribution in [2.45, 2.75) is 26.8 Å². The molecule has 0 bridgehead atoms. The molecule has 0 aliphatic heterocycles. The highest BCUT2D eigenvalue weighted by Crippen LogP contribution is 2.13. The summed E-state index contributed by atoms with van der Waals surface area (Å²) < 4.78 is 5.14. The van der Waals surface area contributed by atoms with E-state index in [1.54, 1.807) is 6.07 Å². The number of furan rings is 1. The van der Waals surface area contributed by atoms with E-state index in [0.29, 0.717) is 5.56 Å². The third-order valence-corrected chi connectivity index (χ3v) is 2.93. The molecule has 1 aromatic heterocycles. The van der Waals surface area contributed by atoms with E-state index in [1.165, 1.54) is 6.26 Å². The number of amides is 1. The highest BCUT2D eigenvalue weighted by molar-refractivity contribution is 6.04. The second-order valence-corrected chi connectivity index (χ2v) is 4.78. The Morgan fingerprint density at radius 1 is 1.30 bits per heavy atom. The summed E-state index contributed by atoms with van der Waals surface area (Å²) in [4.78, 5) is 12.0. The number of carbonyl (C=O) groups excluding carboxylic acids is 1. The summed E-state index contributed by atoms with van der Waals surface area (Å²) in [6, 6.07) is 9.57. The highest BCUT2D eigenvalue weighted by Gasteiger charge is 2.09. The zero-order chi connectivity index (χ0) is 14.4. The van der Waals surface area contributed by atoms with Crippen LogP contribution in [-0.4, -0.2) is 12.5 Å². The molecule has 0 aliphatic rings. The van der Waals surface area contributed by atoms with Crippen LogP contribution in [-0.2, 0) is 6.54 Å². The maximum Gasteiger partial charge on any atom is 0.258 e. The summed E-state index contributed by atoms with van der Waals surface area (Å²) in [5.74, 6) is 0.577. The van der Waals surface area contributed by atoms with Crippen LogP contribution in [0.25, 0.3) is 0 Å². The molecule has 1 amide bonds. The maximum atomic E-state index is 12.0. The molecule has 106 valence electrons. The van der Waals surface area contributed by atoms with Crippen molar-refractivity contribution in [3.05, 3.63) is 53.5 Å². The van der Waals surface area contributed by atoms with Crippen molar-refractivity contribution in [1.29, 1.82) is 0 Å². The van der Waals surface area contributed by atoms with Gasteiger partial charge in [-0.3, -0.25) is 4.79 Å². The molecule has 2 aromatic rings. The van der Waals surface area contributed by atoms with E-state index in [0.717, 1.165) is 36.5 Å². The van der Waals surface area contributed by atoms with Gasteiger partial charge in [0.05, 0.1) is 5.56 Å². The van der Waals surface area contributed by atoms with Crippen LogP contribution in [0.2, 0.25) is 0 Å². The summed E-state index contributed by atoms with van der Waals surface area (Å²) >= 11 is 0. The summed E-state index contributed by atoms with van der Waals surface area (Å²) in [6.45, 7) is 5.75. The van der Waals surface area contributed by atoms with E-state index >= 15 is 0 Å². The van der Waals surface area contributed by atoms with Gasteiger partial charge < -0.3 is 15.1 Å². The van der Waals surface area contributed by atoms with Gasteiger partial charge in [-0.15, -0.1) is 0 Å². The van der Waals surface area contributed by atoms with Gasteiger partial charge in [0.25, 0.3) is 5.91 Å². The molecular weight excluding hydrogens is 252 g/mol. The summed E-state index contributed by atoms with van der Waals surface area (Å²) in [5, 5.41) is 6.21. The van der Waals surface area contributed by atoms with Crippen LogP contribution in [0.1, 0.15) is 35.0 Å². The number of hydrogen-bond donors (Lipinski definition) is 2. The fraction of sp³-hybridized carbons (Fsp3) is 0.312. The van der Waals surface area contributed by atoms with E-state index in [-0.39, 0.29) is 5.91 Å². The third-order valence-electron chi connectivity index (χ3n) is 2.93. The zero-order valence-electron chi connectivity index (χ0n) is 11.9. The first-order valence-corrected chi connectivity index (χ1v) is 6.85. The number of aryl methyl sites for hydroxylation is 1. The lowest BCUT2D eigenvalue weighted by Crippen LogP contribution is -2.14. The maximum absolute atomic E-state index is 12.0. The predicted octanol–water partition coefficient (Wildman–Crippen LogP) is 3.34. The molecule has 0 spiro atoms. The van der Waals surface area contributed by atoms with Gasteiger partial charge in [-0.2, -0.15) is 0 Å². The molecule has 0 atom stereocenters. The summed E-state index contributed by atoms with van der Waals surface area (Å²) in [7, 11) is 0. The van der Waals surface area contributed by atoms with Crippen LogP contribution in [0.5, 0.6) is 0 Å². The number of carbonyl (C=O) groups is 1. The standard InChI is InChI=1S/C16H20N2O2/c1-3-7-17-10-13-5-4-6-15(9-13)18-16(19)14-8-12(2)20-11-14/h4-6,8-9,11,17H,3,7,10H2,1-2H3,(H,18,19). The van der Waals surface area contributed by atoms with Crippen molar-refractivity contribution in [3.8, 4) is 0 Å². The molecule has 0 aliphatic carbocycles. The molecule has 0 fully saturated rings. The Balaban J connectivity index is 1.98. The van der Waals surface area contributed by atoms with Gasteiger partial charge in [0.15, 0.2) is 0 Å². The first-order valence-electron chi connectivity index (χ1n) is 6.85. The van der Waals surface area contributed by atoms with Gasteiger partial charge in [-0.1, -0.05) is 19.1 Å². The molecule has 2 rings (SSSR count). The van der Waals surface area contributed by atoms with Crippen molar-refractivity contribution in [2.24, 2.45) is 0 Å². The molecule has 1 heterocycles. The van der Waals surface area contributed by atoms with E-state index in [9.17, 15) is 4.79 Å². The number of benzene rings is 1. The molecule has 4 heteroatoms.